The molecule has 1 amide bonds. The summed E-state index contributed by atoms with van der Waals surface area (Å²) >= 11 is 0. The van der Waals surface area contributed by atoms with Gasteiger partial charge in [0, 0.05) is 38.2 Å². The first-order valence-corrected chi connectivity index (χ1v) is 10.9. The maximum Gasteiger partial charge on any atom is 0.243 e. The maximum atomic E-state index is 12.8. The topological polar surface area (TPSA) is 70.8 Å². The maximum absolute atomic E-state index is 12.8. The average Bonchev–Trinajstić information content (AvgIpc) is 3.19. The minimum Gasteiger partial charge on any atom is -0.469 e. The van der Waals surface area contributed by atoms with Crippen LogP contribution in [0.5, 0.6) is 0 Å². The molecule has 7 heteroatoms. The van der Waals surface area contributed by atoms with Gasteiger partial charge in [0.15, 0.2) is 0 Å². The lowest BCUT2D eigenvalue weighted by Crippen LogP contribution is -2.36. The molecular weight excluding hydrogens is 364 g/mol. The van der Waals surface area contributed by atoms with Gasteiger partial charge in [0.1, 0.15) is 5.76 Å². The Kier molecular flexibility index (Phi) is 6.01. The van der Waals surface area contributed by atoms with Crippen molar-refractivity contribution in [3.05, 3.63) is 47.9 Å². The van der Waals surface area contributed by atoms with Crippen molar-refractivity contribution in [1.29, 1.82) is 0 Å². The Bertz CT molecular complexity index is 887. The van der Waals surface area contributed by atoms with Crippen LogP contribution in [0.15, 0.2) is 45.9 Å². The van der Waals surface area contributed by atoms with Crippen molar-refractivity contribution in [2.45, 2.75) is 44.4 Å². The van der Waals surface area contributed by atoms with Gasteiger partial charge in [-0.25, -0.2) is 8.42 Å². The van der Waals surface area contributed by atoms with Crippen LogP contribution in [0.2, 0.25) is 0 Å². The predicted molar refractivity (Wildman–Crippen MR) is 104 cm³/mol. The molecule has 1 aliphatic rings. The number of nitrogens with zero attached hydrogens (tertiary/aromatic N) is 2. The lowest BCUT2D eigenvalue weighted by Gasteiger charge is -2.30. The molecule has 0 fully saturated rings. The third-order valence-electron chi connectivity index (χ3n) is 4.98. The molecule has 0 unspecified atom stereocenters. The van der Waals surface area contributed by atoms with Crippen molar-refractivity contribution in [1.82, 2.24) is 4.31 Å². The van der Waals surface area contributed by atoms with Crippen LogP contribution in [0.25, 0.3) is 0 Å². The van der Waals surface area contributed by atoms with E-state index in [9.17, 15) is 13.2 Å². The highest BCUT2D eigenvalue weighted by molar-refractivity contribution is 7.89. The number of amides is 1. The van der Waals surface area contributed by atoms with Crippen LogP contribution in [0.1, 0.15) is 38.0 Å². The van der Waals surface area contributed by atoms with Crippen molar-refractivity contribution in [2.75, 3.05) is 24.5 Å². The first kappa shape index (κ1) is 19.6. The van der Waals surface area contributed by atoms with E-state index in [1.165, 1.54) is 4.31 Å². The van der Waals surface area contributed by atoms with Gasteiger partial charge in [0.2, 0.25) is 15.9 Å². The van der Waals surface area contributed by atoms with Crippen LogP contribution >= 0.6 is 0 Å². The molecule has 0 aliphatic carbocycles. The third kappa shape index (κ3) is 4.09. The van der Waals surface area contributed by atoms with Crippen LogP contribution < -0.4 is 4.90 Å². The SMILES string of the molecule is CCN(CC)S(=O)(=O)c1ccc2c(c1)CCCN2C(=O)CCc1ccco1. The predicted octanol–water partition coefficient (Wildman–Crippen LogP) is 3.22. The number of anilines is 1. The molecular formula is C20H26N2O4S. The Hall–Kier alpha value is -2.12. The van der Waals surface area contributed by atoms with Crippen molar-refractivity contribution in [3.63, 3.8) is 0 Å². The second kappa shape index (κ2) is 8.27. The van der Waals surface area contributed by atoms with Crippen molar-refractivity contribution < 1.29 is 17.6 Å². The van der Waals surface area contributed by atoms with E-state index in [1.807, 2.05) is 26.0 Å². The summed E-state index contributed by atoms with van der Waals surface area (Å²) in [6, 6.07) is 8.80. The van der Waals surface area contributed by atoms with Crippen molar-refractivity contribution in [2.24, 2.45) is 0 Å². The molecule has 0 saturated carbocycles. The summed E-state index contributed by atoms with van der Waals surface area (Å²) in [5.41, 5.74) is 1.74. The summed E-state index contributed by atoms with van der Waals surface area (Å²) in [5.74, 6) is 0.827. The van der Waals surface area contributed by atoms with E-state index in [4.69, 9.17) is 4.42 Å². The highest BCUT2D eigenvalue weighted by atomic mass is 32.2. The number of fused-ring (bicyclic) bond motifs is 1. The zero-order chi connectivity index (χ0) is 19.4. The van der Waals surface area contributed by atoms with Crippen LogP contribution in [-0.2, 0) is 27.7 Å². The van der Waals surface area contributed by atoms with Crippen LogP contribution in [0.3, 0.4) is 0 Å². The number of aryl methyl sites for hydroxylation is 2. The van der Waals surface area contributed by atoms with E-state index in [1.54, 1.807) is 29.4 Å². The van der Waals surface area contributed by atoms with E-state index < -0.39 is 10.0 Å². The summed E-state index contributed by atoms with van der Waals surface area (Å²) in [6.07, 6.45) is 4.14. The van der Waals surface area contributed by atoms with E-state index in [-0.39, 0.29) is 5.91 Å². The molecule has 0 N–H and O–H groups in total. The van der Waals surface area contributed by atoms with Crippen LogP contribution in [0.4, 0.5) is 5.69 Å². The minimum atomic E-state index is -3.49. The molecule has 0 atom stereocenters. The van der Waals surface area contributed by atoms with Gasteiger partial charge >= 0.3 is 0 Å². The summed E-state index contributed by atoms with van der Waals surface area (Å²) in [7, 11) is -3.49. The number of carbonyl (C=O) groups is 1. The molecule has 146 valence electrons. The van der Waals surface area contributed by atoms with E-state index in [2.05, 4.69) is 0 Å². The summed E-state index contributed by atoms with van der Waals surface area (Å²) < 4.78 is 32.3. The molecule has 1 aliphatic heterocycles. The second-order valence-corrected chi connectivity index (χ2v) is 8.55. The van der Waals surface area contributed by atoms with Gasteiger partial charge in [-0.1, -0.05) is 13.8 Å². The van der Waals surface area contributed by atoms with Gasteiger partial charge in [-0.05, 0) is 48.7 Å². The molecule has 0 radical (unpaired) electrons. The number of furan rings is 1. The first-order chi connectivity index (χ1) is 13.0. The van der Waals surface area contributed by atoms with Crippen LogP contribution in [0, 0.1) is 0 Å². The second-order valence-electron chi connectivity index (χ2n) is 6.61. The fraction of sp³-hybridized carbons (Fsp3) is 0.450. The van der Waals surface area contributed by atoms with Gasteiger partial charge in [0.05, 0.1) is 11.2 Å². The molecule has 0 saturated heterocycles. The zero-order valence-corrected chi connectivity index (χ0v) is 16.7. The Morgan fingerprint density at radius 3 is 2.67 bits per heavy atom. The van der Waals surface area contributed by atoms with E-state index in [0.29, 0.717) is 37.4 Å². The fourth-order valence-corrected chi connectivity index (χ4v) is 5.03. The molecule has 2 heterocycles. The monoisotopic (exact) mass is 390 g/mol. The number of carbonyl (C=O) groups excluding carboxylic acids is 1. The van der Waals surface area contributed by atoms with Gasteiger partial charge in [-0.3, -0.25) is 4.79 Å². The Morgan fingerprint density at radius 1 is 1.22 bits per heavy atom. The van der Waals surface area contributed by atoms with E-state index >= 15 is 0 Å². The Balaban J connectivity index is 1.81. The molecule has 0 bridgehead atoms. The average molecular weight is 391 g/mol. The standard InChI is InChI=1S/C20H26N2O4S/c1-3-21(4-2)27(24,25)18-10-11-19-16(15-18)7-5-13-22(19)20(23)12-9-17-8-6-14-26-17/h6,8,10-11,14-15H,3-5,7,9,12-13H2,1-2H3. The lowest BCUT2D eigenvalue weighted by atomic mass is 10.0. The summed E-state index contributed by atoms with van der Waals surface area (Å²) in [6.45, 7) is 5.20. The van der Waals surface area contributed by atoms with Crippen molar-refractivity contribution in [3.8, 4) is 0 Å². The normalized spacial score (nSPS) is 14.4. The molecule has 0 spiro atoms. The molecule has 3 rings (SSSR count). The minimum absolute atomic E-state index is 0.0340. The molecule has 1 aromatic carbocycles. The van der Waals surface area contributed by atoms with Crippen molar-refractivity contribution >= 4 is 21.6 Å². The lowest BCUT2D eigenvalue weighted by molar-refractivity contribution is -0.118. The quantitative estimate of drug-likeness (QED) is 0.728. The zero-order valence-electron chi connectivity index (χ0n) is 15.8. The van der Waals surface area contributed by atoms with E-state index in [0.717, 1.165) is 29.9 Å². The Morgan fingerprint density at radius 2 is 2.00 bits per heavy atom. The van der Waals surface area contributed by atoms with Gasteiger partial charge < -0.3 is 9.32 Å². The smallest absolute Gasteiger partial charge is 0.243 e. The van der Waals surface area contributed by atoms with Gasteiger partial charge in [-0.15, -0.1) is 0 Å². The molecule has 2 aromatic rings. The van der Waals surface area contributed by atoms with Gasteiger partial charge in [-0.2, -0.15) is 4.31 Å². The van der Waals surface area contributed by atoms with Gasteiger partial charge in [0.25, 0.3) is 0 Å². The number of rotatable bonds is 7. The highest BCUT2D eigenvalue weighted by Gasteiger charge is 2.27. The number of hydrogen-bond acceptors (Lipinski definition) is 4. The molecule has 1 aromatic heterocycles. The summed E-state index contributed by atoms with van der Waals surface area (Å²) in [4.78, 5) is 14.8. The fourth-order valence-electron chi connectivity index (χ4n) is 3.53. The number of hydrogen-bond donors (Lipinski definition) is 0. The number of benzene rings is 1. The summed E-state index contributed by atoms with van der Waals surface area (Å²) in [5, 5.41) is 0. The third-order valence-corrected chi connectivity index (χ3v) is 7.03. The van der Waals surface area contributed by atoms with Crippen LogP contribution in [-0.4, -0.2) is 38.3 Å². The number of sulfonamides is 1. The highest BCUT2D eigenvalue weighted by Crippen LogP contribution is 2.31. The molecule has 27 heavy (non-hydrogen) atoms. The first-order valence-electron chi connectivity index (χ1n) is 9.43. The Labute approximate surface area is 160 Å². The molecule has 6 nitrogen and oxygen atoms in total. The largest absolute Gasteiger partial charge is 0.469 e.